The van der Waals surface area contributed by atoms with Gasteiger partial charge in [0.25, 0.3) is 0 Å². The Hall–Kier alpha value is -3.07. The lowest BCUT2D eigenvalue weighted by atomic mass is 10.3. The lowest BCUT2D eigenvalue weighted by molar-refractivity contribution is 0.789. The molecule has 0 saturated carbocycles. The monoisotopic (exact) mass is 318 g/mol. The molecule has 1 saturated heterocycles. The predicted molar refractivity (Wildman–Crippen MR) is 94.1 cm³/mol. The Morgan fingerprint density at radius 3 is 2.62 bits per heavy atom. The third-order valence-electron chi connectivity index (χ3n) is 4.37. The first-order valence-corrected chi connectivity index (χ1v) is 8.14. The molecular weight excluding hydrogens is 300 g/mol. The van der Waals surface area contributed by atoms with Gasteiger partial charge in [0.1, 0.15) is 11.9 Å². The molecule has 6 heteroatoms. The SMILES string of the molecule is N#Cc1ccc(N2CCCN(c3nc4ccccc4[nH]3)CC2)nc1. The average Bonchev–Trinajstić information content (AvgIpc) is 2.91. The van der Waals surface area contributed by atoms with Gasteiger partial charge >= 0.3 is 0 Å². The molecule has 1 aliphatic heterocycles. The zero-order valence-electron chi connectivity index (χ0n) is 13.3. The molecule has 0 radical (unpaired) electrons. The number of anilines is 2. The number of H-pyrrole nitrogens is 1. The number of imidazole rings is 1. The number of hydrogen-bond donors (Lipinski definition) is 1. The zero-order valence-corrected chi connectivity index (χ0v) is 13.3. The minimum atomic E-state index is 0.595. The van der Waals surface area contributed by atoms with Gasteiger partial charge in [0, 0.05) is 32.4 Å². The van der Waals surface area contributed by atoms with Crippen LogP contribution in [0.2, 0.25) is 0 Å². The van der Waals surface area contributed by atoms with Crippen molar-refractivity contribution in [2.45, 2.75) is 6.42 Å². The lowest BCUT2D eigenvalue weighted by Crippen LogP contribution is -2.31. The van der Waals surface area contributed by atoms with Crippen molar-refractivity contribution in [3.05, 3.63) is 48.2 Å². The highest BCUT2D eigenvalue weighted by atomic mass is 15.3. The van der Waals surface area contributed by atoms with E-state index in [9.17, 15) is 0 Å². The Morgan fingerprint density at radius 1 is 1.00 bits per heavy atom. The van der Waals surface area contributed by atoms with E-state index in [1.807, 2.05) is 30.3 Å². The molecule has 0 amide bonds. The third-order valence-corrected chi connectivity index (χ3v) is 4.37. The number of hydrogen-bond acceptors (Lipinski definition) is 5. The predicted octanol–water partition coefficient (Wildman–Crippen LogP) is 2.55. The van der Waals surface area contributed by atoms with Crippen molar-refractivity contribution in [3.63, 3.8) is 0 Å². The van der Waals surface area contributed by atoms with Gasteiger partial charge in [-0.05, 0) is 30.7 Å². The highest BCUT2D eigenvalue weighted by Crippen LogP contribution is 2.20. The molecule has 0 spiro atoms. The van der Waals surface area contributed by atoms with Crippen molar-refractivity contribution in [3.8, 4) is 6.07 Å². The number of rotatable bonds is 2. The fraction of sp³-hybridized carbons (Fsp3) is 0.278. The van der Waals surface area contributed by atoms with Gasteiger partial charge in [0.15, 0.2) is 0 Å². The van der Waals surface area contributed by atoms with Crippen molar-refractivity contribution in [1.29, 1.82) is 5.26 Å². The van der Waals surface area contributed by atoms with E-state index in [2.05, 4.69) is 31.9 Å². The molecule has 1 fully saturated rings. The molecule has 1 N–H and O–H groups in total. The number of pyridine rings is 1. The molecule has 120 valence electrons. The van der Waals surface area contributed by atoms with E-state index in [4.69, 9.17) is 10.2 Å². The van der Waals surface area contributed by atoms with E-state index in [1.165, 1.54) is 0 Å². The van der Waals surface area contributed by atoms with Gasteiger partial charge in [-0.1, -0.05) is 12.1 Å². The zero-order chi connectivity index (χ0) is 16.4. The molecule has 6 nitrogen and oxygen atoms in total. The first-order valence-electron chi connectivity index (χ1n) is 8.14. The number of nitrogens with one attached hydrogen (secondary N) is 1. The highest BCUT2D eigenvalue weighted by molar-refractivity contribution is 5.77. The van der Waals surface area contributed by atoms with Crippen LogP contribution in [0.5, 0.6) is 0 Å². The van der Waals surface area contributed by atoms with Crippen LogP contribution in [-0.2, 0) is 0 Å². The molecule has 0 unspecified atom stereocenters. The van der Waals surface area contributed by atoms with E-state index in [0.717, 1.165) is 55.4 Å². The molecule has 3 heterocycles. The van der Waals surface area contributed by atoms with Crippen LogP contribution in [-0.4, -0.2) is 41.1 Å². The number of aromatic amines is 1. The van der Waals surface area contributed by atoms with Crippen LogP contribution in [0.25, 0.3) is 11.0 Å². The van der Waals surface area contributed by atoms with Crippen LogP contribution < -0.4 is 9.80 Å². The van der Waals surface area contributed by atoms with Gasteiger partial charge in [0.05, 0.1) is 16.6 Å². The summed E-state index contributed by atoms with van der Waals surface area (Å²) in [6.07, 6.45) is 2.68. The minimum Gasteiger partial charge on any atom is -0.355 e. The van der Waals surface area contributed by atoms with Crippen molar-refractivity contribution >= 4 is 22.8 Å². The molecule has 1 aliphatic rings. The van der Waals surface area contributed by atoms with Gasteiger partial charge < -0.3 is 14.8 Å². The second-order valence-corrected chi connectivity index (χ2v) is 5.92. The molecule has 2 aromatic heterocycles. The summed E-state index contributed by atoms with van der Waals surface area (Å²) >= 11 is 0. The van der Waals surface area contributed by atoms with Gasteiger partial charge in [-0.25, -0.2) is 9.97 Å². The Kier molecular flexibility index (Phi) is 3.75. The summed E-state index contributed by atoms with van der Waals surface area (Å²) in [5.41, 5.74) is 2.67. The van der Waals surface area contributed by atoms with Gasteiger partial charge in [-0.3, -0.25) is 0 Å². The first-order chi connectivity index (χ1) is 11.8. The number of benzene rings is 1. The summed E-state index contributed by atoms with van der Waals surface area (Å²) in [4.78, 5) is 17.1. The van der Waals surface area contributed by atoms with E-state index in [1.54, 1.807) is 6.20 Å². The second kappa shape index (κ2) is 6.20. The standard InChI is InChI=1S/C18H18N6/c19-12-14-6-7-17(20-13-14)23-8-3-9-24(11-10-23)18-21-15-4-1-2-5-16(15)22-18/h1-2,4-7,13H,3,8-11H2,(H,21,22). The smallest absolute Gasteiger partial charge is 0.203 e. The summed E-state index contributed by atoms with van der Waals surface area (Å²) in [5.74, 6) is 1.87. The number of fused-ring (bicyclic) bond motifs is 1. The van der Waals surface area contributed by atoms with Crippen molar-refractivity contribution in [2.24, 2.45) is 0 Å². The quantitative estimate of drug-likeness (QED) is 0.786. The van der Waals surface area contributed by atoms with Crippen LogP contribution in [0.4, 0.5) is 11.8 Å². The molecular formula is C18H18N6. The molecule has 24 heavy (non-hydrogen) atoms. The Labute approximate surface area is 140 Å². The first kappa shape index (κ1) is 14.5. The number of nitrogens with zero attached hydrogens (tertiary/aromatic N) is 5. The molecule has 0 bridgehead atoms. The molecule has 1 aromatic carbocycles. The van der Waals surface area contributed by atoms with E-state index in [-0.39, 0.29) is 0 Å². The van der Waals surface area contributed by atoms with Crippen molar-refractivity contribution in [2.75, 3.05) is 36.0 Å². The van der Waals surface area contributed by atoms with Crippen molar-refractivity contribution < 1.29 is 0 Å². The van der Waals surface area contributed by atoms with Crippen LogP contribution in [0.15, 0.2) is 42.6 Å². The van der Waals surface area contributed by atoms with E-state index < -0.39 is 0 Å². The van der Waals surface area contributed by atoms with Gasteiger partial charge in [-0.15, -0.1) is 0 Å². The van der Waals surface area contributed by atoms with Crippen LogP contribution in [0.1, 0.15) is 12.0 Å². The minimum absolute atomic E-state index is 0.595. The van der Waals surface area contributed by atoms with Gasteiger partial charge in [0.2, 0.25) is 5.95 Å². The maximum atomic E-state index is 8.88. The lowest BCUT2D eigenvalue weighted by Gasteiger charge is -2.22. The Morgan fingerprint density at radius 2 is 1.83 bits per heavy atom. The van der Waals surface area contributed by atoms with Crippen molar-refractivity contribution in [1.82, 2.24) is 15.0 Å². The average molecular weight is 318 g/mol. The molecule has 3 aromatic rings. The Bertz CT molecular complexity index is 843. The van der Waals surface area contributed by atoms with E-state index in [0.29, 0.717) is 5.56 Å². The van der Waals surface area contributed by atoms with Crippen LogP contribution in [0.3, 0.4) is 0 Å². The number of nitriles is 1. The fourth-order valence-electron chi connectivity index (χ4n) is 3.09. The summed E-state index contributed by atoms with van der Waals surface area (Å²) in [6.45, 7) is 3.69. The van der Waals surface area contributed by atoms with Gasteiger partial charge in [-0.2, -0.15) is 5.26 Å². The largest absolute Gasteiger partial charge is 0.355 e. The topological polar surface area (TPSA) is 71.8 Å². The van der Waals surface area contributed by atoms with E-state index >= 15 is 0 Å². The molecule has 0 aliphatic carbocycles. The maximum absolute atomic E-state index is 8.88. The van der Waals surface area contributed by atoms with Crippen LogP contribution in [0, 0.1) is 11.3 Å². The number of aromatic nitrogens is 3. The fourth-order valence-corrected chi connectivity index (χ4v) is 3.09. The molecule has 0 atom stereocenters. The maximum Gasteiger partial charge on any atom is 0.203 e. The second-order valence-electron chi connectivity index (χ2n) is 5.92. The third kappa shape index (κ3) is 2.76. The summed E-state index contributed by atoms with van der Waals surface area (Å²) in [6, 6.07) is 14.0. The normalized spacial score (nSPS) is 15.3. The highest BCUT2D eigenvalue weighted by Gasteiger charge is 2.18. The summed E-state index contributed by atoms with van der Waals surface area (Å²) in [7, 11) is 0. The number of para-hydroxylation sites is 2. The summed E-state index contributed by atoms with van der Waals surface area (Å²) in [5, 5.41) is 8.88. The Balaban J connectivity index is 1.50. The molecule has 4 rings (SSSR count). The van der Waals surface area contributed by atoms with Crippen LogP contribution >= 0.6 is 0 Å². The summed E-state index contributed by atoms with van der Waals surface area (Å²) < 4.78 is 0.